The average Bonchev–Trinajstić information content (AvgIpc) is 2.28. The third-order valence-corrected chi connectivity index (χ3v) is 2.91. The number of benzene rings is 1. The fraction of sp³-hybridized carbons (Fsp3) is 0.533. The molecule has 0 saturated carbocycles. The molecule has 0 radical (unpaired) electrons. The molecule has 5 nitrogen and oxygen atoms in total. The number of aryl methyl sites for hydroxylation is 2. The van der Waals surface area contributed by atoms with Crippen LogP contribution in [0.5, 0.6) is 5.75 Å². The lowest BCUT2D eigenvalue weighted by Crippen LogP contribution is -2.36. The SMILES string of the molecule is Cc1cc(O)c(C(N)CNC(=O)OC(C)(C)C)cc1C. The Bertz CT molecular complexity index is 493. The molecule has 5 heteroatoms. The van der Waals surface area contributed by atoms with Crippen molar-refractivity contribution in [1.29, 1.82) is 0 Å². The van der Waals surface area contributed by atoms with Gasteiger partial charge in [-0.2, -0.15) is 0 Å². The number of phenols is 1. The molecule has 20 heavy (non-hydrogen) atoms. The normalized spacial score (nSPS) is 12.9. The maximum absolute atomic E-state index is 11.5. The molecule has 1 aromatic carbocycles. The van der Waals surface area contributed by atoms with E-state index < -0.39 is 17.7 Å². The molecule has 0 spiro atoms. The van der Waals surface area contributed by atoms with Crippen LogP contribution in [0.15, 0.2) is 12.1 Å². The van der Waals surface area contributed by atoms with Crippen molar-refractivity contribution >= 4 is 6.09 Å². The third kappa shape index (κ3) is 4.74. The number of phenolic OH excluding ortho intramolecular Hbond substituents is 1. The summed E-state index contributed by atoms with van der Waals surface area (Å²) in [5.41, 5.74) is 8.11. The minimum atomic E-state index is -0.545. The van der Waals surface area contributed by atoms with E-state index in [-0.39, 0.29) is 12.3 Å². The quantitative estimate of drug-likeness (QED) is 0.794. The van der Waals surface area contributed by atoms with Gasteiger partial charge in [0.2, 0.25) is 0 Å². The van der Waals surface area contributed by atoms with Crippen LogP contribution in [-0.4, -0.2) is 23.3 Å². The van der Waals surface area contributed by atoms with Gasteiger partial charge in [0.15, 0.2) is 0 Å². The summed E-state index contributed by atoms with van der Waals surface area (Å²) in [4.78, 5) is 11.5. The zero-order valence-corrected chi connectivity index (χ0v) is 12.8. The molecule has 0 saturated heterocycles. The molecule has 0 aliphatic carbocycles. The van der Waals surface area contributed by atoms with Crippen LogP contribution >= 0.6 is 0 Å². The highest BCUT2D eigenvalue weighted by atomic mass is 16.6. The van der Waals surface area contributed by atoms with Gasteiger partial charge in [0.1, 0.15) is 11.4 Å². The van der Waals surface area contributed by atoms with E-state index in [0.29, 0.717) is 5.56 Å². The number of alkyl carbamates (subject to hydrolysis) is 1. The molecule has 0 aromatic heterocycles. The van der Waals surface area contributed by atoms with Crippen molar-refractivity contribution in [2.45, 2.75) is 46.3 Å². The Morgan fingerprint density at radius 2 is 1.90 bits per heavy atom. The number of amides is 1. The summed E-state index contributed by atoms with van der Waals surface area (Å²) < 4.78 is 5.13. The van der Waals surface area contributed by atoms with Crippen LogP contribution in [-0.2, 0) is 4.74 Å². The molecular weight excluding hydrogens is 256 g/mol. The number of ether oxygens (including phenoxy) is 1. The fourth-order valence-corrected chi connectivity index (χ4v) is 1.74. The smallest absolute Gasteiger partial charge is 0.407 e. The standard InChI is InChI=1S/C15H24N2O3/c1-9-6-11(13(18)7-10(9)2)12(16)8-17-14(19)20-15(3,4)5/h6-7,12,18H,8,16H2,1-5H3,(H,17,19). The van der Waals surface area contributed by atoms with Crippen LogP contribution in [0.4, 0.5) is 4.79 Å². The van der Waals surface area contributed by atoms with Crippen LogP contribution in [0.2, 0.25) is 0 Å². The summed E-state index contributed by atoms with van der Waals surface area (Å²) in [6.45, 7) is 9.45. The van der Waals surface area contributed by atoms with Crippen molar-refractivity contribution < 1.29 is 14.6 Å². The van der Waals surface area contributed by atoms with E-state index in [0.717, 1.165) is 11.1 Å². The van der Waals surface area contributed by atoms with Crippen molar-refractivity contribution in [3.05, 3.63) is 28.8 Å². The third-order valence-electron chi connectivity index (χ3n) is 2.91. The van der Waals surface area contributed by atoms with E-state index in [1.807, 2.05) is 19.9 Å². The van der Waals surface area contributed by atoms with Gasteiger partial charge in [-0.05, 0) is 51.8 Å². The second-order valence-electron chi connectivity index (χ2n) is 5.98. The number of hydrogen-bond donors (Lipinski definition) is 3. The Kier molecular flexibility index (Phi) is 5.00. The van der Waals surface area contributed by atoms with Gasteiger partial charge < -0.3 is 20.9 Å². The van der Waals surface area contributed by atoms with Crippen molar-refractivity contribution in [3.8, 4) is 5.75 Å². The molecule has 1 aromatic rings. The first-order chi connectivity index (χ1) is 9.10. The van der Waals surface area contributed by atoms with Gasteiger partial charge in [-0.15, -0.1) is 0 Å². The predicted octanol–water partition coefficient (Wildman–Crippen LogP) is 2.53. The average molecular weight is 280 g/mol. The van der Waals surface area contributed by atoms with E-state index in [9.17, 15) is 9.90 Å². The summed E-state index contributed by atoms with van der Waals surface area (Å²) in [6.07, 6.45) is -0.517. The maximum Gasteiger partial charge on any atom is 0.407 e. The first kappa shape index (κ1) is 16.3. The zero-order valence-electron chi connectivity index (χ0n) is 12.8. The number of nitrogens with one attached hydrogen (secondary N) is 1. The monoisotopic (exact) mass is 280 g/mol. The number of carbonyl (C=O) groups is 1. The molecule has 0 fully saturated rings. The Hall–Kier alpha value is -1.75. The predicted molar refractivity (Wildman–Crippen MR) is 78.7 cm³/mol. The van der Waals surface area contributed by atoms with Crippen LogP contribution in [0.25, 0.3) is 0 Å². The summed E-state index contributed by atoms with van der Waals surface area (Å²) in [5.74, 6) is 0.145. The molecule has 1 rings (SSSR count). The summed E-state index contributed by atoms with van der Waals surface area (Å²) in [5, 5.41) is 12.5. The molecule has 0 heterocycles. The molecule has 4 N–H and O–H groups in total. The van der Waals surface area contributed by atoms with Gasteiger partial charge in [0.25, 0.3) is 0 Å². The Morgan fingerprint density at radius 3 is 2.45 bits per heavy atom. The highest BCUT2D eigenvalue weighted by Crippen LogP contribution is 2.26. The second kappa shape index (κ2) is 6.13. The Morgan fingerprint density at radius 1 is 1.35 bits per heavy atom. The molecule has 112 valence electrons. The van der Waals surface area contributed by atoms with Crippen LogP contribution in [0.1, 0.15) is 43.5 Å². The molecule has 0 aliphatic rings. The second-order valence-corrected chi connectivity index (χ2v) is 5.98. The first-order valence-electron chi connectivity index (χ1n) is 6.62. The number of rotatable bonds is 3. The summed E-state index contributed by atoms with van der Waals surface area (Å²) in [6, 6.07) is 3.03. The van der Waals surface area contributed by atoms with E-state index in [4.69, 9.17) is 10.5 Å². The van der Waals surface area contributed by atoms with Crippen LogP contribution < -0.4 is 11.1 Å². The van der Waals surface area contributed by atoms with Crippen molar-refractivity contribution in [3.63, 3.8) is 0 Å². The molecule has 1 amide bonds. The molecule has 0 aliphatic heterocycles. The minimum Gasteiger partial charge on any atom is -0.508 e. The summed E-state index contributed by atoms with van der Waals surface area (Å²) >= 11 is 0. The van der Waals surface area contributed by atoms with Gasteiger partial charge in [0.05, 0.1) is 6.04 Å². The molecular formula is C15H24N2O3. The van der Waals surface area contributed by atoms with Crippen molar-refractivity contribution in [2.75, 3.05) is 6.54 Å². The van der Waals surface area contributed by atoms with Gasteiger partial charge in [-0.25, -0.2) is 4.79 Å². The zero-order chi connectivity index (χ0) is 15.5. The van der Waals surface area contributed by atoms with Gasteiger partial charge in [0, 0.05) is 12.1 Å². The minimum absolute atomic E-state index is 0.145. The van der Waals surface area contributed by atoms with Crippen LogP contribution in [0.3, 0.4) is 0 Å². The highest BCUT2D eigenvalue weighted by Gasteiger charge is 2.18. The lowest BCUT2D eigenvalue weighted by atomic mass is 10.00. The van der Waals surface area contributed by atoms with Gasteiger partial charge in [-0.1, -0.05) is 6.07 Å². The lowest BCUT2D eigenvalue weighted by Gasteiger charge is -2.21. The van der Waals surface area contributed by atoms with Crippen LogP contribution in [0, 0.1) is 13.8 Å². The maximum atomic E-state index is 11.5. The lowest BCUT2D eigenvalue weighted by molar-refractivity contribution is 0.0524. The van der Waals surface area contributed by atoms with Crippen molar-refractivity contribution in [1.82, 2.24) is 5.32 Å². The number of aromatic hydroxyl groups is 1. The summed E-state index contributed by atoms with van der Waals surface area (Å²) in [7, 11) is 0. The Labute approximate surface area is 120 Å². The number of nitrogens with two attached hydrogens (primary N) is 1. The van der Waals surface area contributed by atoms with E-state index in [2.05, 4.69) is 5.32 Å². The first-order valence-corrected chi connectivity index (χ1v) is 6.62. The number of hydrogen-bond acceptors (Lipinski definition) is 4. The van der Waals surface area contributed by atoms with Gasteiger partial charge >= 0.3 is 6.09 Å². The van der Waals surface area contributed by atoms with E-state index >= 15 is 0 Å². The van der Waals surface area contributed by atoms with E-state index in [1.165, 1.54) is 0 Å². The molecule has 0 bridgehead atoms. The molecule has 1 atom stereocenters. The Balaban J connectivity index is 2.66. The van der Waals surface area contributed by atoms with Crippen molar-refractivity contribution in [2.24, 2.45) is 5.73 Å². The van der Waals surface area contributed by atoms with Gasteiger partial charge in [-0.3, -0.25) is 0 Å². The van der Waals surface area contributed by atoms with E-state index in [1.54, 1.807) is 26.8 Å². The highest BCUT2D eigenvalue weighted by molar-refractivity contribution is 5.67. The number of carbonyl (C=O) groups excluding carboxylic acids is 1. The fourth-order valence-electron chi connectivity index (χ4n) is 1.74. The largest absolute Gasteiger partial charge is 0.508 e. The molecule has 1 unspecified atom stereocenters. The topological polar surface area (TPSA) is 84.6 Å².